The molecule has 204 valence electrons. The molecule has 0 aliphatic carbocycles. The Morgan fingerprint density at radius 1 is 0.821 bits per heavy atom. The topological polar surface area (TPSA) is 73.5 Å². The van der Waals surface area contributed by atoms with Crippen molar-refractivity contribution in [3.05, 3.63) is 92.9 Å². The van der Waals surface area contributed by atoms with E-state index in [1.807, 2.05) is 36.4 Å². The number of rotatable bonds is 9. The van der Waals surface area contributed by atoms with Crippen molar-refractivity contribution in [3.63, 3.8) is 0 Å². The molecule has 5 rings (SSSR count). The van der Waals surface area contributed by atoms with Crippen LogP contribution < -0.4 is 16.0 Å². The van der Waals surface area contributed by atoms with E-state index in [1.165, 1.54) is 5.56 Å². The van der Waals surface area contributed by atoms with Gasteiger partial charge in [-0.25, -0.2) is 0 Å². The number of para-hydroxylation sites is 2. The summed E-state index contributed by atoms with van der Waals surface area (Å²) in [6.45, 7) is 0.854. The first-order valence-electron chi connectivity index (χ1n) is 13.2. The predicted octanol–water partition coefficient (Wildman–Crippen LogP) is 6.36. The lowest BCUT2D eigenvalue weighted by Crippen LogP contribution is -2.51. The number of fused-ring (bicyclic) bond motifs is 2. The third kappa shape index (κ3) is 7.06. The highest BCUT2D eigenvalue weighted by Gasteiger charge is 2.40. The summed E-state index contributed by atoms with van der Waals surface area (Å²) in [5.41, 5.74) is 3.35. The zero-order valence-electron chi connectivity index (χ0n) is 21.4. The lowest BCUT2D eigenvalue weighted by molar-refractivity contribution is -0.126. The zero-order valence-corrected chi connectivity index (χ0v) is 23.7. The monoisotopic (exact) mass is 584 g/mol. The lowest BCUT2D eigenvalue weighted by atomic mass is 9.96. The summed E-state index contributed by atoms with van der Waals surface area (Å²) in [6.07, 6.45) is 4.26. The number of carbonyl (C=O) groups is 2. The Balaban J connectivity index is 1.10. The second-order valence-electron chi connectivity index (χ2n) is 10.3. The molecule has 2 heterocycles. The molecule has 3 aromatic rings. The van der Waals surface area contributed by atoms with Gasteiger partial charge in [0.25, 0.3) is 0 Å². The van der Waals surface area contributed by atoms with Crippen LogP contribution in [0.5, 0.6) is 0 Å². The highest BCUT2D eigenvalue weighted by Crippen LogP contribution is 2.37. The maximum Gasteiger partial charge on any atom is 0.239 e. The standard InChI is InChI=1S/C30H31Cl3N4O2/c31-21-10-8-19(9-11-21)18-37-23-12-13-24(37)16-22(15-23)35-29(39)17-34-28(38)14-20-4-1-2-7-27(20)36-30-25(32)5-3-6-26(30)33/h1-11,22-24,36H,12-18H2,(H,34,38)(H,35,39)/t23-,24-/m1/s1. The van der Waals surface area contributed by atoms with E-state index in [-0.39, 0.29) is 30.8 Å². The molecule has 0 radical (unpaired) electrons. The minimum Gasteiger partial charge on any atom is -0.353 e. The van der Waals surface area contributed by atoms with Crippen molar-refractivity contribution in [1.82, 2.24) is 15.5 Å². The second kappa shape index (κ2) is 12.6. The third-order valence-corrected chi connectivity index (χ3v) is 8.45. The van der Waals surface area contributed by atoms with Gasteiger partial charge in [-0.05, 0) is 67.1 Å². The van der Waals surface area contributed by atoms with Gasteiger partial charge in [0.15, 0.2) is 0 Å². The number of amides is 2. The molecule has 2 fully saturated rings. The van der Waals surface area contributed by atoms with E-state index in [4.69, 9.17) is 34.8 Å². The van der Waals surface area contributed by atoms with E-state index < -0.39 is 0 Å². The van der Waals surface area contributed by atoms with Crippen LogP contribution in [-0.4, -0.2) is 41.4 Å². The first-order valence-corrected chi connectivity index (χ1v) is 14.3. The largest absolute Gasteiger partial charge is 0.353 e. The van der Waals surface area contributed by atoms with E-state index >= 15 is 0 Å². The van der Waals surface area contributed by atoms with Crippen molar-refractivity contribution in [2.24, 2.45) is 0 Å². The summed E-state index contributed by atoms with van der Waals surface area (Å²) in [7, 11) is 0. The van der Waals surface area contributed by atoms with Crippen molar-refractivity contribution in [2.75, 3.05) is 11.9 Å². The van der Waals surface area contributed by atoms with Gasteiger partial charge in [0.1, 0.15) is 0 Å². The van der Waals surface area contributed by atoms with Gasteiger partial charge in [0.05, 0.1) is 28.7 Å². The number of benzene rings is 3. The summed E-state index contributed by atoms with van der Waals surface area (Å²) in [4.78, 5) is 28.0. The number of nitrogens with one attached hydrogen (secondary N) is 3. The minimum absolute atomic E-state index is 0.0505. The van der Waals surface area contributed by atoms with Crippen LogP contribution >= 0.6 is 34.8 Å². The van der Waals surface area contributed by atoms with Gasteiger partial charge >= 0.3 is 0 Å². The summed E-state index contributed by atoms with van der Waals surface area (Å²) in [5.74, 6) is -0.393. The zero-order chi connectivity index (χ0) is 27.4. The lowest BCUT2D eigenvalue weighted by Gasteiger charge is -2.39. The summed E-state index contributed by atoms with van der Waals surface area (Å²) in [6, 6.07) is 21.8. The van der Waals surface area contributed by atoms with Gasteiger partial charge in [-0.2, -0.15) is 0 Å². The maximum absolute atomic E-state index is 12.7. The fourth-order valence-corrected chi connectivity index (χ4v) is 6.31. The van der Waals surface area contributed by atoms with Crippen molar-refractivity contribution >= 4 is 58.0 Å². The molecule has 0 saturated carbocycles. The van der Waals surface area contributed by atoms with Crippen LogP contribution in [0.3, 0.4) is 0 Å². The first kappa shape index (κ1) is 27.8. The number of carbonyl (C=O) groups excluding carboxylic acids is 2. The van der Waals surface area contributed by atoms with E-state index in [1.54, 1.807) is 18.2 Å². The normalized spacial score (nSPS) is 20.4. The van der Waals surface area contributed by atoms with Crippen molar-refractivity contribution in [2.45, 2.75) is 56.8 Å². The minimum atomic E-state index is -0.234. The molecule has 0 aromatic heterocycles. The molecule has 0 spiro atoms. The molecule has 2 aliphatic rings. The molecule has 9 heteroatoms. The fraction of sp³-hybridized carbons (Fsp3) is 0.333. The van der Waals surface area contributed by atoms with Gasteiger partial charge in [0, 0.05) is 35.4 Å². The molecule has 2 aliphatic heterocycles. The van der Waals surface area contributed by atoms with E-state index in [9.17, 15) is 9.59 Å². The Morgan fingerprint density at radius 2 is 1.49 bits per heavy atom. The molecule has 2 bridgehead atoms. The van der Waals surface area contributed by atoms with Crippen molar-refractivity contribution < 1.29 is 9.59 Å². The molecule has 6 nitrogen and oxygen atoms in total. The molecule has 3 N–H and O–H groups in total. The highest BCUT2D eigenvalue weighted by molar-refractivity contribution is 6.39. The summed E-state index contributed by atoms with van der Waals surface area (Å²) < 4.78 is 0. The van der Waals surface area contributed by atoms with Gasteiger partial charge < -0.3 is 16.0 Å². The number of piperidine rings is 1. The van der Waals surface area contributed by atoms with Gasteiger partial charge in [0.2, 0.25) is 11.8 Å². The number of hydrogen-bond donors (Lipinski definition) is 3. The average molecular weight is 586 g/mol. The Morgan fingerprint density at radius 3 is 2.18 bits per heavy atom. The molecule has 39 heavy (non-hydrogen) atoms. The second-order valence-corrected chi connectivity index (χ2v) is 11.5. The Bertz CT molecular complexity index is 1300. The van der Waals surface area contributed by atoms with Gasteiger partial charge in [-0.15, -0.1) is 0 Å². The molecular formula is C30H31Cl3N4O2. The molecule has 3 aromatic carbocycles. The van der Waals surface area contributed by atoms with Gasteiger partial charge in [-0.1, -0.05) is 71.2 Å². The average Bonchev–Trinajstić information content (AvgIpc) is 3.14. The Labute approximate surface area is 244 Å². The van der Waals surface area contributed by atoms with E-state index in [2.05, 4.69) is 33.0 Å². The predicted molar refractivity (Wildman–Crippen MR) is 158 cm³/mol. The van der Waals surface area contributed by atoms with Crippen LogP contribution in [-0.2, 0) is 22.6 Å². The Hall–Kier alpha value is -2.77. The molecule has 2 atom stereocenters. The SMILES string of the molecule is O=C(Cc1ccccc1Nc1c(Cl)cccc1Cl)NCC(=O)NC1C[C@H]2CC[C@H](C1)N2Cc1ccc(Cl)cc1. The van der Waals surface area contributed by atoms with Crippen LogP contribution in [0.15, 0.2) is 66.7 Å². The van der Waals surface area contributed by atoms with Crippen LogP contribution in [0.4, 0.5) is 11.4 Å². The quantitative estimate of drug-likeness (QED) is 0.273. The number of anilines is 2. The van der Waals surface area contributed by atoms with Crippen LogP contribution in [0.2, 0.25) is 15.1 Å². The van der Waals surface area contributed by atoms with E-state index in [0.717, 1.165) is 48.5 Å². The summed E-state index contributed by atoms with van der Waals surface area (Å²) in [5, 5.41) is 10.9. The van der Waals surface area contributed by atoms with Crippen molar-refractivity contribution in [3.8, 4) is 0 Å². The third-order valence-electron chi connectivity index (χ3n) is 7.56. The van der Waals surface area contributed by atoms with Crippen molar-refractivity contribution in [1.29, 1.82) is 0 Å². The maximum atomic E-state index is 12.7. The smallest absolute Gasteiger partial charge is 0.239 e. The molecule has 0 unspecified atom stereocenters. The molecule has 2 saturated heterocycles. The highest BCUT2D eigenvalue weighted by atomic mass is 35.5. The molecular weight excluding hydrogens is 555 g/mol. The fourth-order valence-electron chi connectivity index (χ4n) is 5.69. The van der Waals surface area contributed by atoms with Crippen LogP contribution in [0, 0.1) is 0 Å². The van der Waals surface area contributed by atoms with Crippen LogP contribution in [0.1, 0.15) is 36.8 Å². The number of hydrogen-bond acceptors (Lipinski definition) is 4. The Kier molecular flexibility index (Phi) is 8.98. The number of halogens is 3. The molecule has 2 amide bonds. The number of nitrogens with zero attached hydrogens (tertiary/aromatic N) is 1. The van der Waals surface area contributed by atoms with E-state index in [0.29, 0.717) is 27.8 Å². The van der Waals surface area contributed by atoms with Crippen LogP contribution in [0.25, 0.3) is 0 Å². The van der Waals surface area contributed by atoms with Gasteiger partial charge in [-0.3, -0.25) is 14.5 Å². The first-order chi connectivity index (χ1) is 18.9. The summed E-state index contributed by atoms with van der Waals surface area (Å²) >= 11 is 18.6.